The number of benzene rings is 1. The molecule has 1 heterocycles. The third-order valence-electron chi connectivity index (χ3n) is 3.72. The number of nitrogens with zero attached hydrogens (tertiary/aromatic N) is 2. The first-order chi connectivity index (χ1) is 11.8. The number of hydrogen-bond donors (Lipinski definition) is 2. The summed E-state index contributed by atoms with van der Waals surface area (Å²) in [6.07, 6.45) is 0.968. The van der Waals surface area contributed by atoms with E-state index in [9.17, 15) is 9.59 Å². The van der Waals surface area contributed by atoms with Crippen LogP contribution in [0.3, 0.4) is 0 Å². The van der Waals surface area contributed by atoms with Gasteiger partial charge in [-0.1, -0.05) is 45.0 Å². The summed E-state index contributed by atoms with van der Waals surface area (Å²) in [6.45, 7) is 6.89. The van der Waals surface area contributed by atoms with E-state index < -0.39 is 6.09 Å². The van der Waals surface area contributed by atoms with E-state index in [4.69, 9.17) is 0 Å². The molecule has 0 fully saturated rings. The highest BCUT2D eigenvalue weighted by Gasteiger charge is 2.13. The number of carbonyl (C=O) groups is 2. The van der Waals surface area contributed by atoms with Gasteiger partial charge < -0.3 is 15.4 Å². The Morgan fingerprint density at radius 1 is 1.16 bits per heavy atom. The number of ether oxygens (including phenoxy) is 1. The van der Waals surface area contributed by atoms with Gasteiger partial charge in [-0.3, -0.25) is 4.79 Å². The third kappa shape index (κ3) is 5.34. The molecule has 134 valence electrons. The summed E-state index contributed by atoms with van der Waals surface area (Å²) in [6, 6.07) is 10.0. The molecule has 0 aliphatic heterocycles. The molecule has 0 aliphatic carbocycles. The van der Waals surface area contributed by atoms with Gasteiger partial charge in [0.25, 0.3) is 0 Å². The molecule has 0 radical (unpaired) electrons. The minimum Gasteiger partial charge on any atom is -0.453 e. The van der Waals surface area contributed by atoms with Crippen LogP contribution in [0.2, 0.25) is 0 Å². The molecule has 7 heteroatoms. The Morgan fingerprint density at radius 2 is 1.84 bits per heavy atom. The molecule has 2 amide bonds. The van der Waals surface area contributed by atoms with Crippen molar-refractivity contribution in [1.82, 2.24) is 15.1 Å². The van der Waals surface area contributed by atoms with Crippen molar-refractivity contribution < 1.29 is 14.3 Å². The normalized spacial score (nSPS) is 11.0. The maximum atomic E-state index is 11.9. The average molecular weight is 344 g/mol. The summed E-state index contributed by atoms with van der Waals surface area (Å²) in [5.74, 6) is 0.215. The first-order valence-corrected chi connectivity index (χ1v) is 8.02. The van der Waals surface area contributed by atoms with Gasteiger partial charge in [0.1, 0.15) is 12.4 Å². The molecule has 2 rings (SSSR count). The number of aromatic nitrogens is 2. The molecule has 0 aliphatic rings. The van der Waals surface area contributed by atoms with Gasteiger partial charge in [-0.25, -0.2) is 9.48 Å². The van der Waals surface area contributed by atoms with Crippen LogP contribution >= 0.6 is 0 Å². The fourth-order valence-corrected chi connectivity index (χ4v) is 2.26. The largest absolute Gasteiger partial charge is 0.453 e. The van der Waals surface area contributed by atoms with Gasteiger partial charge in [-0.05, 0) is 16.5 Å². The van der Waals surface area contributed by atoms with Crippen molar-refractivity contribution in [2.24, 2.45) is 0 Å². The molecular formula is C18H24N4O3. The molecule has 0 unspecified atom stereocenters. The SMILES string of the molecule is COC(=O)NCC(=O)Nc1ccnn1Cc1ccc(C(C)(C)C)cc1. The van der Waals surface area contributed by atoms with Gasteiger partial charge in [-0.15, -0.1) is 0 Å². The predicted octanol–water partition coefficient (Wildman–Crippen LogP) is 2.52. The number of alkyl carbamates (subject to hydrolysis) is 1. The van der Waals surface area contributed by atoms with Gasteiger partial charge in [0.15, 0.2) is 0 Å². The minimum atomic E-state index is -0.650. The number of nitrogens with one attached hydrogen (secondary N) is 2. The van der Waals surface area contributed by atoms with Crippen LogP contribution in [0.4, 0.5) is 10.6 Å². The standard InChI is InChI=1S/C18H24N4O3/c1-18(2,3)14-7-5-13(6-8-14)12-22-15(9-10-20-22)21-16(23)11-19-17(24)25-4/h5-10H,11-12H2,1-4H3,(H,19,24)(H,21,23). The van der Waals surface area contributed by atoms with Crippen molar-refractivity contribution in [3.05, 3.63) is 47.7 Å². The van der Waals surface area contributed by atoms with Gasteiger partial charge in [0, 0.05) is 6.07 Å². The molecule has 7 nitrogen and oxygen atoms in total. The first kappa shape index (κ1) is 18.5. The fraction of sp³-hybridized carbons (Fsp3) is 0.389. The molecule has 0 saturated heterocycles. The van der Waals surface area contributed by atoms with E-state index in [1.165, 1.54) is 12.7 Å². The molecule has 0 atom stereocenters. The lowest BCUT2D eigenvalue weighted by Crippen LogP contribution is -2.33. The average Bonchev–Trinajstić information content (AvgIpc) is 2.99. The van der Waals surface area contributed by atoms with Crippen molar-refractivity contribution >= 4 is 17.8 Å². The highest BCUT2D eigenvalue weighted by Crippen LogP contribution is 2.22. The van der Waals surface area contributed by atoms with Crippen LogP contribution in [0, 0.1) is 0 Å². The Morgan fingerprint density at radius 3 is 2.44 bits per heavy atom. The van der Waals surface area contributed by atoms with E-state index in [0.717, 1.165) is 5.56 Å². The van der Waals surface area contributed by atoms with Gasteiger partial charge in [0.2, 0.25) is 5.91 Å². The zero-order valence-electron chi connectivity index (χ0n) is 15.0. The van der Waals surface area contributed by atoms with Crippen LogP contribution in [0.5, 0.6) is 0 Å². The van der Waals surface area contributed by atoms with Crippen LogP contribution in [0.1, 0.15) is 31.9 Å². The number of hydrogen-bond acceptors (Lipinski definition) is 4. The second kappa shape index (κ2) is 7.83. The molecular weight excluding hydrogens is 320 g/mol. The lowest BCUT2D eigenvalue weighted by Gasteiger charge is -2.19. The summed E-state index contributed by atoms with van der Waals surface area (Å²) in [7, 11) is 1.24. The van der Waals surface area contributed by atoms with Gasteiger partial charge in [-0.2, -0.15) is 5.10 Å². The van der Waals surface area contributed by atoms with Gasteiger partial charge in [0.05, 0.1) is 19.9 Å². The summed E-state index contributed by atoms with van der Waals surface area (Å²) in [4.78, 5) is 22.9. The van der Waals surface area contributed by atoms with Crippen molar-refractivity contribution in [2.75, 3.05) is 19.0 Å². The molecule has 2 aromatic rings. The molecule has 0 bridgehead atoms. The van der Waals surface area contributed by atoms with E-state index in [0.29, 0.717) is 12.4 Å². The Kier molecular flexibility index (Phi) is 5.80. The predicted molar refractivity (Wildman–Crippen MR) is 95.5 cm³/mol. The molecule has 25 heavy (non-hydrogen) atoms. The van der Waals surface area contributed by atoms with Gasteiger partial charge >= 0.3 is 6.09 Å². The Hall–Kier alpha value is -2.83. The number of carbonyl (C=O) groups excluding carboxylic acids is 2. The Balaban J connectivity index is 1.99. The second-order valence-electron chi connectivity index (χ2n) is 6.71. The fourth-order valence-electron chi connectivity index (χ4n) is 2.26. The molecule has 1 aromatic carbocycles. The number of rotatable bonds is 5. The molecule has 0 saturated carbocycles. The first-order valence-electron chi connectivity index (χ1n) is 8.02. The van der Waals surface area contributed by atoms with E-state index >= 15 is 0 Å². The number of anilines is 1. The lowest BCUT2D eigenvalue weighted by molar-refractivity contribution is -0.115. The van der Waals surface area contributed by atoms with Crippen LogP contribution in [-0.2, 0) is 21.5 Å². The van der Waals surface area contributed by atoms with Crippen molar-refractivity contribution in [2.45, 2.75) is 32.7 Å². The number of methoxy groups -OCH3 is 1. The van der Waals surface area contributed by atoms with Crippen LogP contribution in [-0.4, -0.2) is 35.4 Å². The minimum absolute atomic E-state index is 0.107. The maximum Gasteiger partial charge on any atom is 0.407 e. The summed E-state index contributed by atoms with van der Waals surface area (Å²) in [5, 5.41) is 9.29. The topological polar surface area (TPSA) is 85.2 Å². The van der Waals surface area contributed by atoms with E-state index in [1.807, 2.05) is 0 Å². The Bertz CT molecular complexity index is 730. The van der Waals surface area contributed by atoms with E-state index in [2.05, 4.69) is 65.5 Å². The number of amides is 2. The molecule has 1 aromatic heterocycles. The lowest BCUT2D eigenvalue weighted by atomic mass is 9.87. The van der Waals surface area contributed by atoms with Crippen LogP contribution in [0.15, 0.2) is 36.5 Å². The highest BCUT2D eigenvalue weighted by atomic mass is 16.5. The monoisotopic (exact) mass is 344 g/mol. The smallest absolute Gasteiger partial charge is 0.407 e. The van der Waals surface area contributed by atoms with Crippen molar-refractivity contribution in [3.63, 3.8) is 0 Å². The summed E-state index contributed by atoms with van der Waals surface area (Å²) >= 11 is 0. The molecule has 2 N–H and O–H groups in total. The summed E-state index contributed by atoms with van der Waals surface area (Å²) < 4.78 is 6.12. The van der Waals surface area contributed by atoms with Crippen LogP contribution < -0.4 is 10.6 Å². The zero-order valence-corrected chi connectivity index (χ0v) is 15.0. The second-order valence-corrected chi connectivity index (χ2v) is 6.71. The highest BCUT2D eigenvalue weighted by molar-refractivity contribution is 5.93. The quantitative estimate of drug-likeness (QED) is 0.873. The molecule has 0 spiro atoms. The van der Waals surface area contributed by atoms with E-state index in [-0.39, 0.29) is 17.9 Å². The summed E-state index contributed by atoms with van der Waals surface area (Å²) in [5.41, 5.74) is 2.45. The van der Waals surface area contributed by atoms with E-state index in [1.54, 1.807) is 16.9 Å². The maximum absolute atomic E-state index is 11.9. The van der Waals surface area contributed by atoms with Crippen LogP contribution in [0.25, 0.3) is 0 Å². The van der Waals surface area contributed by atoms with Crippen molar-refractivity contribution in [3.8, 4) is 0 Å². The van der Waals surface area contributed by atoms with Crippen molar-refractivity contribution in [1.29, 1.82) is 0 Å². The Labute approximate surface area is 147 Å². The third-order valence-corrected chi connectivity index (χ3v) is 3.72. The zero-order chi connectivity index (χ0) is 18.4.